The maximum atomic E-state index is 6.03. The lowest BCUT2D eigenvalue weighted by molar-refractivity contribution is 0.00320. The molecule has 3 aliphatic rings. The fourth-order valence-corrected chi connectivity index (χ4v) is 2.34. The van der Waals surface area contributed by atoms with Crippen molar-refractivity contribution in [3.05, 3.63) is 0 Å². The number of rotatable bonds is 2. The van der Waals surface area contributed by atoms with Crippen molar-refractivity contribution < 1.29 is 0 Å². The van der Waals surface area contributed by atoms with Gasteiger partial charge in [-0.15, -0.1) is 12.3 Å². The molecule has 2 N–H and O–H groups in total. The third kappa shape index (κ3) is 1.71. The first-order chi connectivity index (χ1) is 6.31. The van der Waals surface area contributed by atoms with Gasteiger partial charge < -0.3 is 5.73 Å². The molecular weight excluding hydrogens is 162 g/mol. The Balaban J connectivity index is 1.97. The van der Waals surface area contributed by atoms with Gasteiger partial charge in [0, 0.05) is 51.2 Å². The van der Waals surface area contributed by atoms with E-state index in [1.165, 1.54) is 26.2 Å². The average Bonchev–Trinajstić information content (AvgIpc) is 2.20. The molecule has 13 heavy (non-hydrogen) atoms. The predicted octanol–water partition coefficient (Wildman–Crippen LogP) is -0.663. The largest absolute Gasteiger partial charge is 0.325 e. The molecule has 3 fully saturated rings. The smallest absolute Gasteiger partial charge is 0.0384 e. The van der Waals surface area contributed by atoms with E-state index in [9.17, 15) is 0 Å². The summed E-state index contributed by atoms with van der Waals surface area (Å²) in [7, 11) is 0. The Morgan fingerprint density at radius 1 is 1.38 bits per heavy atom. The summed E-state index contributed by atoms with van der Waals surface area (Å²) >= 11 is 0. The van der Waals surface area contributed by atoms with Crippen molar-refractivity contribution in [2.24, 2.45) is 5.73 Å². The zero-order valence-electron chi connectivity index (χ0n) is 7.95. The Labute approximate surface area is 79.9 Å². The molecule has 0 aromatic heterocycles. The highest BCUT2D eigenvalue weighted by molar-refractivity contribution is 4.99. The van der Waals surface area contributed by atoms with Gasteiger partial charge in [-0.3, -0.25) is 9.80 Å². The monoisotopic (exact) mass is 179 g/mol. The molecule has 0 aromatic carbocycles. The lowest BCUT2D eigenvalue weighted by Gasteiger charge is -2.49. The first kappa shape index (κ1) is 9.01. The molecule has 0 radical (unpaired) electrons. The van der Waals surface area contributed by atoms with Gasteiger partial charge in [-0.2, -0.15) is 0 Å². The van der Waals surface area contributed by atoms with E-state index in [-0.39, 0.29) is 6.04 Å². The molecule has 3 rings (SSSR count). The lowest BCUT2D eigenvalue weighted by Crippen LogP contribution is -2.65. The maximum Gasteiger partial charge on any atom is 0.0384 e. The standard InChI is InChI=1S/C10H17N3/c1-2-3-9(11)10-8-12-4-6-13(10)7-5-12/h1,9-10H,3-8,11H2. The Morgan fingerprint density at radius 2 is 2.08 bits per heavy atom. The number of terminal acetylenes is 1. The van der Waals surface area contributed by atoms with Crippen molar-refractivity contribution in [1.82, 2.24) is 9.80 Å². The highest BCUT2D eigenvalue weighted by atomic mass is 15.3. The summed E-state index contributed by atoms with van der Waals surface area (Å²) < 4.78 is 0. The Morgan fingerprint density at radius 3 is 2.54 bits per heavy atom. The van der Waals surface area contributed by atoms with E-state index in [1.807, 2.05) is 0 Å². The van der Waals surface area contributed by atoms with Crippen LogP contribution in [0.2, 0.25) is 0 Å². The number of nitrogens with zero attached hydrogens (tertiary/aromatic N) is 2. The molecule has 0 aliphatic carbocycles. The van der Waals surface area contributed by atoms with Gasteiger partial charge in [0.05, 0.1) is 0 Å². The summed E-state index contributed by atoms with van der Waals surface area (Å²) in [6.07, 6.45) is 5.98. The molecule has 0 amide bonds. The maximum absolute atomic E-state index is 6.03. The van der Waals surface area contributed by atoms with Gasteiger partial charge in [0.2, 0.25) is 0 Å². The van der Waals surface area contributed by atoms with Crippen LogP contribution in [0.15, 0.2) is 0 Å². The van der Waals surface area contributed by atoms with Crippen LogP contribution in [0.5, 0.6) is 0 Å². The van der Waals surface area contributed by atoms with E-state index in [2.05, 4.69) is 15.7 Å². The third-order valence-electron chi connectivity index (χ3n) is 3.17. The molecule has 3 heteroatoms. The van der Waals surface area contributed by atoms with Crippen LogP contribution in [0.25, 0.3) is 0 Å². The predicted molar refractivity (Wildman–Crippen MR) is 53.2 cm³/mol. The number of hydrogen-bond donors (Lipinski definition) is 1. The SMILES string of the molecule is C#CCC(N)C1CN2CCN1CC2. The van der Waals surface area contributed by atoms with E-state index >= 15 is 0 Å². The van der Waals surface area contributed by atoms with Crippen molar-refractivity contribution in [2.75, 3.05) is 32.7 Å². The van der Waals surface area contributed by atoms with Crippen molar-refractivity contribution in [2.45, 2.75) is 18.5 Å². The van der Waals surface area contributed by atoms with Gasteiger partial charge in [-0.05, 0) is 0 Å². The van der Waals surface area contributed by atoms with Crippen molar-refractivity contribution >= 4 is 0 Å². The van der Waals surface area contributed by atoms with Crippen molar-refractivity contribution in [3.8, 4) is 12.3 Å². The van der Waals surface area contributed by atoms with E-state index in [0.29, 0.717) is 12.5 Å². The van der Waals surface area contributed by atoms with E-state index < -0.39 is 0 Å². The number of fused-ring (bicyclic) bond motifs is 3. The second kappa shape index (κ2) is 3.67. The normalized spacial score (nSPS) is 39.8. The van der Waals surface area contributed by atoms with Crippen LogP contribution in [0, 0.1) is 12.3 Å². The summed E-state index contributed by atoms with van der Waals surface area (Å²) in [5, 5.41) is 0. The van der Waals surface area contributed by atoms with Crippen LogP contribution in [-0.2, 0) is 0 Å². The molecule has 0 aromatic rings. The van der Waals surface area contributed by atoms with Gasteiger partial charge >= 0.3 is 0 Å². The molecule has 2 bridgehead atoms. The molecule has 2 unspecified atom stereocenters. The molecule has 3 aliphatic heterocycles. The lowest BCUT2D eigenvalue weighted by atomic mass is 9.99. The van der Waals surface area contributed by atoms with Crippen LogP contribution in [0.1, 0.15) is 6.42 Å². The minimum Gasteiger partial charge on any atom is -0.325 e. The zero-order valence-corrected chi connectivity index (χ0v) is 7.95. The highest BCUT2D eigenvalue weighted by Crippen LogP contribution is 2.18. The number of hydrogen-bond acceptors (Lipinski definition) is 3. The van der Waals surface area contributed by atoms with Crippen LogP contribution < -0.4 is 5.73 Å². The van der Waals surface area contributed by atoms with Gasteiger partial charge in [0.15, 0.2) is 0 Å². The fourth-order valence-electron chi connectivity index (χ4n) is 2.34. The fraction of sp³-hybridized carbons (Fsp3) is 0.800. The third-order valence-corrected chi connectivity index (χ3v) is 3.17. The molecule has 3 nitrogen and oxygen atoms in total. The minimum atomic E-state index is 0.160. The summed E-state index contributed by atoms with van der Waals surface area (Å²) in [6.45, 7) is 5.87. The Bertz CT molecular complexity index is 213. The first-order valence-corrected chi connectivity index (χ1v) is 4.96. The zero-order chi connectivity index (χ0) is 9.26. The van der Waals surface area contributed by atoms with Crippen molar-refractivity contribution in [1.29, 1.82) is 0 Å². The summed E-state index contributed by atoms with van der Waals surface area (Å²) in [6, 6.07) is 0.659. The summed E-state index contributed by atoms with van der Waals surface area (Å²) in [4.78, 5) is 4.98. The van der Waals surface area contributed by atoms with Gasteiger partial charge in [0.1, 0.15) is 0 Å². The molecule has 72 valence electrons. The summed E-state index contributed by atoms with van der Waals surface area (Å²) in [5.74, 6) is 2.65. The topological polar surface area (TPSA) is 32.5 Å². The van der Waals surface area contributed by atoms with Crippen LogP contribution in [-0.4, -0.2) is 54.6 Å². The second-order valence-corrected chi connectivity index (χ2v) is 3.98. The van der Waals surface area contributed by atoms with E-state index in [1.54, 1.807) is 0 Å². The van der Waals surface area contributed by atoms with Crippen LogP contribution >= 0.6 is 0 Å². The molecule has 0 saturated carbocycles. The van der Waals surface area contributed by atoms with Crippen LogP contribution in [0.4, 0.5) is 0 Å². The molecular formula is C10H17N3. The first-order valence-electron chi connectivity index (χ1n) is 4.96. The number of piperazine rings is 3. The van der Waals surface area contributed by atoms with E-state index in [4.69, 9.17) is 12.2 Å². The van der Waals surface area contributed by atoms with Gasteiger partial charge in [-0.1, -0.05) is 0 Å². The van der Waals surface area contributed by atoms with Gasteiger partial charge in [-0.25, -0.2) is 0 Å². The molecule has 3 saturated heterocycles. The summed E-state index contributed by atoms with van der Waals surface area (Å²) in [5.41, 5.74) is 6.03. The molecule has 0 spiro atoms. The van der Waals surface area contributed by atoms with Gasteiger partial charge in [0.25, 0.3) is 0 Å². The molecule has 3 heterocycles. The molecule has 2 atom stereocenters. The van der Waals surface area contributed by atoms with E-state index in [0.717, 1.165) is 6.54 Å². The average molecular weight is 179 g/mol. The quantitative estimate of drug-likeness (QED) is 0.571. The van der Waals surface area contributed by atoms with Crippen molar-refractivity contribution in [3.63, 3.8) is 0 Å². The highest BCUT2D eigenvalue weighted by Gasteiger charge is 2.34. The number of nitrogens with two attached hydrogens (primary N) is 1. The van der Waals surface area contributed by atoms with Crippen LogP contribution in [0.3, 0.4) is 0 Å². The second-order valence-electron chi connectivity index (χ2n) is 3.98. The minimum absolute atomic E-state index is 0.160. The Kier molecular flexibility index (Phi) is 2.54. The Hall–Kier alpha value is -0.560.